The zero-order valence-corrected chi connectivity index (χ0v) is 6.16. The molecule has 0 saturated heterocycles. The molecule has 1 unspecified atom stereocenters. The van der Waals surface area contributed by atoms with Gasteiger partial charge in [0.25, 0.3) is 0 Å². The van der Waals surface area contributed by atoms with Crippen molar-refractivity contribution in [3.63, 3.8) is 0 Å². The van der Waals surface area contributed by atoms with Gasteiger partial charge in [0.05, 0.1) is 6.61 Å². The molecule has 1 atom stereocenters. The molecule has 4 nitrogen and oxygen atoms in total. The minimum atomic E-state index is -1.13. The van der Waals surface area contributed by atoms with Crippen LogP contribution >= 0.6 is 0 Å². The Morgan fingerprint density at radius 1 is 1.45 bits per heavy atom. The van der Waals surface area contributed by atoms with Crippen molar-refractivity contribution in [2.24, 2.45) is 5.92 Å². The summed E-state index contributed by atoms with van der Waals surface area (Å²) < 4.78 is 0. The van der Waals surface area contributed by atoms with E-state index in [1.165, 1.54) is 0 Å². The summed E-state index contributed by atoms with van der Waals surface area (Å²) in [5.74, 6) is -1.66. The summed E-state index contributed by atoms with van der Waals surface area (Å²) in [7, 11) is 0. The van der Waals surface area contributed by atoms with E-state index in [9.17, 15) is 4.79 Å². The molecule has 0 fully saturated rings. The van der Waals surface area contributed by atoms with E-state index < -0.39 is 11.9 Å². The van der Waals surface area contributed by atoms with Crippen LogP contribution in [0.5, 0.6) is 0 Å². The standard InChI is InChI=1S/C7H12O4/c1-5(7(10)11)6(4-9)2-3-8/h6,8-9H,1-4H2,(H,10,11). The van der Waals surface area contributed by atoms with Gasteiger partial charge in [-0.3, -0.25) is 0 Å². The molecule has 64 valence electrons. The van der Waals surface area contributed by atoms with Gasteiger partial charge in [0.2, 0.25) is 0 Å². The first-order chi connectivity index (χ1) is 5.13. The summed E-state index contributed by atoms with van der Waals surface area (Å²) in [4.78, 5) is 10.3. The van der Waals surface area contributed by atoms with Crippen molar-refractivity contribution in [1.29, 1.82) is 0 Å². The van der Waals surface area contributed by atoms with Gasteiger partial charge in [-0.05, 0) is 6.42 Å². The predicted octanol–water partition coefficient (Wildman–Crippen LogP) is -0.382. The lowest BCUT2D eigenvalue weighted by Gasteiger charge is -2.11. The van der Waals surface area contributed by atoms with Crippen LogP contribution in [0.25, 0.3) is 0 Å². The van der Waals surface area contributed by atoms with Crippen LogP contribution in [-0.2, 0) is 4.79 Å². The quantitative estimate of drug-likeness (QED) is 0.479. The van der Waals surface area contributed by atoms with Crippen LogP contribution in [-0.4, -0.2) is 34.5 Å². The molecule has 0 aromatic heterocycles. The first kappa shape index (κ1) is 10.1. The lowest BCUT2D eigenvalue weighted by atomic mass is 9.98. The molecule has 0 aromatic rings. The number of carbonyl (C=O) groups is 1. The van der Waals surface area contributed by atoms with Crippen molar-refractivity contribution in [3.8, 4) is 0 Å². The second-order valence-corrected chi connectivity index (χ2v) is 2.22. The van der Waals surface area contributed by atoms with E-state index in [0.29, 0.717) is 0 Å². The van der Waals surface area contributed by atoms with Crippen molar-refractivity contribution < 1.29 is 20.1 Å². The summed E-state index contributed by atoms with van der Waals surface area (Å²) in [6, 6.07) is 0. The van der Waals surface area contributed by atoms with Crippen molar-refractivity contribution in [3.05, 3.63) is 12.2 Å². The topological polar surface area (TPSA) is 77.8 Å². The monoisotopic (exact) mass is 160 g/mol. The largest absolute Gasteiger partial charge is 0.478 e. The Bertz CT molecular complexity index is 153. The maximum atomic E-state index is 10.3. The molecule has 0 aliphatic rings. The van der Waals surface area contributed by atoms with E-state index in [1.807, 2.05) is 0 Å². The van der Waals surface area contributed by atoms with Gasteiger partial charge < -0.3 is 15.3 Å². The number of aliphatic hydroxyl groups excluding tert-OH is 2. The molecular weight excluding hydrogens is 148 g/mol. The number of hydrogen-bond donors (Lipinski definition) is 3. The Labute approximate surface area is 64.8 Å². The zero-order valence-electron chi connectivity index (χ0n) is 6.16. The molecule has 11 heavy (non-hydrogen) atoms. The lowest BCUT2D eigenvalue weighted by molar-refractivity contribution is -0.133. The maximum absolute atomic E-state index is 10.3. The van der Waals surface area contributed by atoms with Crippen LogP contribution in [0.15, 0.2) is 12.2 Å². The number of aliphatic carboxylic acids is 1. The van der Waals surface area contributed by atoms with E-state index in [1.54, 1.807) is 0 Å². The Hall–Kier alpha value is -0.870. The van der Waals surface area contributed by atoms with Gasteiger partial charge >= 0.3 is 5.97 Å². The molecule has 0 amide bonds. The number of carboxylic acids is 1. The molecule has 0 bridgehead atoms. The minimum Gasteiger partial charge on any atom is -0.478 e. The molecule has 0 heterocycles. The average Bonchev–Trinajstić information content (AvgIpc) is 1.98. The van der Waals surface area contributed by atoms with Crippen LogP contribution in [0, 0.1) is 5.92 Å². The highest BCUT2D eigenvalue weighted by molar-refractivity contribution is 5.86. The summed E-state index contributed by atoms with van der Waals surface area (Å²) in [5, 5.41) is 25.5. The first-order valence-corrected chi connectivity index (χ1v) is 3.27. The van der Waals surface area contributed by atoms with Crippen LogP contribution in [0.3, 0.4) is 0 Å². The minimum absolute atomic E-state index is 0.0541. The molecular formula is C7H12O4. The third kappa shape index (κ3) is 3.15. The fourth-order valence-electron chi connectivity index (χ4n) is 0.706. The third-order valence-corrected chi connectivity index (χ3v) is 1.47. The second-order valence-electron chi connectivity index (χ2n) is 2.22. The van der Waals surface area contributed by atoms with E-state index >= 15 is 0 Å². The fourth-order valence-corrected chi connectivity index (χ4v) is 0.706. The number of rotatable bonds is 5. The molecule has 4 heteroatoms. The highest BCUT2D eigenvalue weighted by atomic mass is 16.4. The Kier molecular flexibility index (Phi) is 4.49. The Morgan fingerprint density at radius 3 is 2.27 bits per heavy atom. The van der Waals surface area contributed by atoms with Crippen molar-refractivity contribution in [2.75, 3.05) is 13.2 Å². The van der Waals surface area contributed by atoms with Crippen LogP contribution < -0.4 is 0 Å². The molecule has 0 radical (unpaired) electrons. The summed E-state index contributed by atoms with van der Waals surface area (Å²) >= 11 is 0. The van der Waals surface area contributed by atoms with Gasteiger partial charge in [-0.15, -0.1) is 0 Å². The summed E-state index contributed by atoms with van der Waals surface area (Å²) in [5.41, 5.74) is -0.0541. The van der Waals surface area contributed by atoms with Gasteiger partial charge in [-0.2, -0.15) is 0 Å². The number of aliphatic hydroxyl groups is 2. The van der Waals surface area contributed by atoms with Crippen LogP contribution in [0.1, 0.15) is 6.42 Å². The normalized spacial score (nSPS) is 12.5. The highest BCUT2D eigenvalue weighted by Gasteiger charge is 2.16. The Morgan fingerprint density at radius 2 is 2.00 bits per heavy atom. The SMILES string of the molecule is C=C(C(=O)O)C(CO)CCO. The average molecular weight is 160 g/mol. The lowest BCUT2D eigenvalue weighted by Crippen LogP contribution is -2.16. The van der Waals surface area contributed by atoms with Crippen molar-refractivity contribution in [2.45, 2.75) is 6.42 Å². The van der Waals surface area contributed by atoms with E-state index in [0.717, 1.165) is 0 Å². The van der Waals surface area contributed by atoms with Crippen molar-refractivity contribution in [1.82, 2.24) is 0 Å². The Balaban J connectivity index is 4.02. The van der Waals surface area contributed by atoms with E-state index in [4.69, 9.17) is 15.3 Å². The number of hydrogen-bond acceptors (Lipinski definition) is 3. The molecule has 3 N–H and O–H groups in total. The molecule has 0 rings (SSSR count). The maximum Gasteiger partial charge on any atom is 0.331 e. The van der Waals surface area contributed by atoms with E-state index in [2.05, 4.69) is 6.58 Å². The summed E-state index contributed by atoms with van der Waals surface area (Å²) in [6.07, 6.45) is 0.238. The molecule has 0 aliphatic heterocycles. The third-order valence-electron chi connectivity index (χ3n) is 1.47. The highest BCUT2D eigenvalue weighted by Crippen LogP contribution is 2.11. The second kappa shape index (κ2) is 4.87. The first-order valence-electron chi connectivity index (χ1n) is 3.27. The molecule has 0 aliphatic carbocycles. The zero-order chi connectivity index (χ0) is 8.85. The molecule has 0 spiro atoms. The van der Waals surface area contributed by atoms with Gasteiger partial charge in [0.1, 0.15) is 0 Å². The van der Waals surface area contributed by atoms with Gasteiger partial charge in [-0.25, -0.2) is 4.79 Å². The summed E-state index contributed by atoms with van der Waals surface area (Å²) in [6.45, 7) is 2.85. The van der Waals surface area contributed by atoms with E-state index in [-0.39, 0.29) is 25.2 Å². The predicted molar refractivity (Wildman–Crippen MR) is 39.1 cm³/mol. The van der Waals surface area contributed by atoms with Crippen LogP contribution in [0.4, 0.5) is 0 Å². The van der Waals surface area contributed by atoms with Crippen LogP contribution in [0.2, 0.25) is 0 Å². The molecule has 0 saturated carbocycles. The van der Waals surface area contributed by atoms with Gasteiger partial charge in [-0.1, -0.05) is 6.58 Å². The van der Waals surface area contributed by atoms with Crippen molar-refractivity contribution >= 4 is 5.97 Å². The smallest absolute Gasteiger partial charge is 0.331 e. The number of carboxylic acid groups (broad SMARTS) is 1. The fraction of sp³-hybridized carbons (Fsp3) is 0.571. The van der Waals surface area contributed by atoms with Gasteiger partial charge in [0.15, 0.2) is 0 Å². The van der Waals surface area contributed by atoms with Gasteiger partial charge in [0, 0.05) is 18.1 Å². The molecule has 0 aromatic carbocycles.